The van der Waals surface area contributed by atoms with Gasteiger partial charge in [0.2, 0.25) is 0 Å². The second kappa shape index (κ2) is 6.64. The third-order valence-electron chi connectivity index (χ3n) is 5.12. The number of fused-ring (bicyclic) bond motifs is 1. The van der Waals surface area contributed by atoms with Crippen molar-refractivity contribution in [2.75, 3.05) is 18.4 Å². The average Bonchev–Trinajstić information content (AvgIpc) is 2.87. The van der Waals surface area contributed by atoms with Crippen LogP contribution in [-0.4, -0.2) is 33.9 Å². The fourth-order valence-electron chi connectivity index (χ4n) is 3.21. The first-order chi connectivity index (χ1) is 12.9. The SMILES string of the molecule is Cc1[nH]c2c(NCc3ccc(F)cc3F)nc(C(=O)N3CCC3)cc2c1C. The second-order valence-electron chi connectivity index (χ2n) is 6.89. The van der Waals surface area contributed by atoms with E-state index in [9.17, 15) is 13.6 Å². The largest absolute Gasteiger partial charge is 0.364 e. The van der Waals surface area contributed by atoms with Crippen molar-refractivity contribution in [2.45, 2.75) is 26.8 Å². The number of hydrogen-bond donors (Lipinski definition) is 2. The maximum atomic E-state index is 13.9. The van der Waals surface area contributed by atoms with E-state index in [1.54, 1.807) is 11.0 Å². The van der Waals surface area contributed by atoms with Gasteiger partial charge in [-0.1, -0.05) is 6.07 Å². The number of hydrogen-bond acceptors (Lipinski definition) is 3. The number of benzene rings is 1. The van der Waals surface area contributed by atoms with Gasteiger partial charge in [0.1, 0.15) is 17.3 Å². The average molecular weight is 370 g/mol. The number of likely N-dealkylation sites (tertiary alicyclic amines) is 1. The number of amides is 1. The molecule has 1 saturated heterocycles. The summed E-state index contributed by atoms with van der Waals surface area (Å²) in [6.07, 6.45) is 1.01. The fourth-order valence-corrected chi connectivity index (χ4v) is 3.21. The number of aromatic nitrogens is 2. The van der Waals surface area contributed by atoms with Crippen molar-refractivity contribution >= 4 is 22.6 Å². The molecule has 0 spiro atoms. The Morgan fingerprint density at radius 2 is 2.04 bits per heavy atom. The van der Waals surface area contributed by atoms with E-state index in [1.807, 2.05) is 13.8 Å². The molecule has 0 radical (unpaired) electrons. The summed E-state index contributed by atoms with van der Waals surface area (Å²) >= 11 is 0. The Labute approximate surface area is 155 Å². The standard InChI is InChI=1S/C20H20F2N4O/c1-11-12(2)24-18-15(11)9-17(20(27)26-6-3-7-26)25-19(18)23-10-13-4-5-14(21)8-16(13)22/h4-5,8-9,24H,3,6-7,10H2,1-2H3,(H,23,25). The van der Waals surface area contributed by atoms with Crippen molar-refractivity contribution in [3.8, 4) is 0 Å². The predicted molar refractivity (Wildman–Crippen MR) is 99.8 cm³/mol. The summed E-state index contributed by atoms with van der Waals surface area (Å²) in [5.74, 6) is -0.853. The Kier molecular flexibility index (Phi) is 4.30. The van der Waals surface area contributed by atoms with Crippen LogP contribution in [0.4, 0.5) is 14.6 Å². The third-order valence-corrected chi connectivity index (χ3v) is 5.12. The lowest BCUT2D eigenvalue weighted by atomic mass is 10.1. The Bertz CT molecular complexity index is 1040. The van der Waals surface area contributed by atoms with Crippen LogP contribution in [0.15, 0.2) is 24.3 Å². The highest BCUT2D eigenvalue weighted by molar-refractivity contribution is 6.00. The van der Waals surface area contributed by atoms with Gasteiger partial charge in [-0.15, -0.1) is 0 Å². The zero-order chi connectivity index (χ0) is 19.1. The molecule has 0 saturated carbocycles. The first kappa shape index (κ1) is 17.5. The van der Waals surface area contributed by atoms with Crippen LogP contribution in [0.25, 0.3) is 10.9 Å². The predicted octanol–water partition coefficient (Wildman–Crippen LogP) is 3.92. The molecule has 0 unspecified atom stereocenters. The second-order valence-corrected chi connectivity index (χ2v) is 6.89. The van der Waals surface area contributed by atoms with Crippen LogP contribution in [0, 0.1) is 25.5 Å². The first-order valence-electron chi connectivity index (χ1n) is 8.91. The van der Waals surface area contributed by atoms with E-state index in [-0.39, 0.29) is 12.5 Å². The molecule has 0 bridgehead atoms. The molecule has 0 atom stereocenters. The zero-order valence-electron chi connectivity index (χ0n) is 15.2. The molecule has 140 valence electrons. The summed E-state index contributed by atoms with van der Waals surface area (Å²) in [6.45, 7) is 5.55. The molecule has 0 aliphatic carbocycles. The topological polar surface area (TPSA) is 61.0 Å². The summed E-state index contributed by atoms with van der Waals surface area (Å²) in [5, 5.41) is 4.01. The molecule has 2 aromatic heterocycles. The number of nitrogens with zero attached hydrogens (tertiary/aromatic N) is 2. The number of pyridine rings is 1. The van der Waals surface area contributed by atoms with Crippen molar-refractivity contribution in [3.63, 3.8) is 0 Å². The quantitative estimate of drug-likeness (QED) is 0.732. The van der Waals surface area contributed by atoms with E-state index in [1.165, 1.54) is 12.1 Å². The minimum absolute atomic E-state index is 0.0996. The minimum atomic E-state index is -0.620. The van der Waals surface area contributed by atoms with Crippen LogP contribution < -0.4 is 5.32 Å². The Morgan fingerprint density at radius 1 is 1.26 bits per heavy atom. The molecule has 1 amide bonds. The summed E-state index contributed by atoms with van der Waals surface area (Å²) in [4.78, 5) is 22.2. The Balaban J connectivity index is 1.71. The number of nitrogens with one attached hydrogen (secondary N) is 2. The molecule has 2 N–H and O–H groups in total. The van der Waals surface area contributed by atoms with Crippen LogP contribution in [0.3, 0.4) is 0 Å². The molecule has 1 aromatic carbocycles. The lowest BCUT2D eigenvalue weighted by molar-refractivity contribution is 0.0646. The smallest absolute Gasteiger partial charge is 0.272 e. The lowest BCUT2D eigenvalue weighted by Gasteiger charge is -2.30. The maximum absolute atomic E-state index is 13.9. The van der Waals surface area contributed by atoms with Crippen LogP contribution in [0.2, 0.25) is 0 Å². The van der Waals surface area contributed by atoms with E-state index in [4.69, 9.17) is 0 Å². The number of carbonyl (C=O) groups is 1. The summed E-state index contributed by atoms with van der Waals surface area (Å²) in [6, 6.07) is 5.27. The molecular formula is C20H20F2N4O. The molecular weight excluding hydrogens is 350 g/mol. The number of carbonyl (C=O) groups excluding carboxylic acids is 1. The Morgan fingerprint density at radius 3 is 2.70 bits per heavy atom. The number of anilines is 1. The van der Waals surface area contributed by atoms with Crippen LogP contribution in [-0.2, 0) is 6.54 Å². The van der Waals surface area contributed by atoms with Gasteiger partial charge in [-0.05, 0) is 38.0 Å². The number of aromatic amines is 1. The third kappa shape index (κ3) is 3.13. The number of H-pyrrole nitrogens is 1. The fraction of sp³-hybridized carbons (Fsp3) is 0.300. The van der Waals surface area contributed by atoms with Crippen molar-refractivity contribution < 1.29 is 13.6 Å². The molecule has 1 aliphatic rings. The van der Waals surface area contributed by atoms with Crippen LogP contribution >= 0.6 is 0 Å². The molecule has 1 aliphatic heterocycles. The first-order valence-corrected chi connectivity index (χ1v) is 8.91. The number of halogens is 2. The van der Waals surface area contributed by atoms with Crippen molar-refractivity contribution in [3.05, 3.63) is 58.4 Å². The van der Waals surface area contributed by atoms with Gasteiger partial charge in [0.25, 0.3) is 5.91 Å². The monoisotopic (exact) mass is 370 g/mol. The summed E-state index contributed by atoms with van der Waals surface area (Å²) < 4.78 is 27.0. The van der Waals surface area contributed by atoms with Gasteiger partial charge in [-0.2, -0.15) is 0 Å². The van der Waals surface area contributed by atoms with Crippen LogP contribution in [0.5, 0.6) is 0 Å². The molecule has 1 fully saturated rings. The number of aryl methyl sites for hydroxylation is 2. The molecule has 3 heterocycles. The zero-order valence-corrected chi connectivity index (χ0v) is 15.2. The molecule has 7 heteroatoms. The van der Waals surface area contributed by atoms with Crippen molar-refractivity contribution in [1.82, 2.24) is 14.9 Å². The van der Waals surface area contributed by atoms with Crippen molar-refractivity contribution in [1.29, 1.82) is 0 Å². The van der Waals surface area contributed by atoms with Crippen LogP contribution in [0.1, 0.15) is 33.7 Å². The van der Waals surface area contributed by atoms with E-state index in [0.717, 1.165) is 47.7 Å². The molecule has 4 rings (SSSR count). The van der Waals surface area contributed by atoms with Gasteiger partial charge < -0.3 is 15.2 Å². The van der Waals surface area contributed by atoms with Gasteiger partial charge in [-0.3, -0.25) is 4.79 Å². The molecule has 27 heavy (non-hydrogen) atoms. The van der Waals surface area contributed by atoms with E-state index < -0.39 is 11.6 Å². The maximum Gasteiger partial charge on any atom is 0.272 e. The van der Waals surface area contributed by atoms with E-state index >= 15 is 0 Å². The lowest BCUT2D eigenvalue weighted by Crippen LogP contribution is -2.42. The van der Waals surface area contributed by atoms with E-state index in [2.05, 4.69) is 15.3 Å². The highest BCUT2D eigenvalue weighted by Gasteiger charge is 2.24. The van der Waals surface area contributed by atoms with Gasteiger partial charge >= 0.3 is 0 Å². The molecule has 5 nitrogen and oxygen atoms in total. The minimum Gasteiger partial charge on any atom is -0.364 e. The molecule has 3 aromatic rings. The number of rotatable bonds is 4. The Hall–Kier alpha value is -2.96. The summed E-state index contributed by atoms with van der Waals surface area (Å²) in [7, 11) is 0. The highest BCUT2D eigenvalue weighted by Crippen LogP contribution is 2.28. The van der Waals surface area contributed by atoms with Gasteiger partial charge in [-0.25, -0.2) is 13.8 Å². The van der Waals surface area contributed by atoms with Gasteiger partial charge in [0.15, 0.2) is 5.82 Å². The summed E-state index contributed by atoms with van der Waals surface area (Å²) in [5.41, 5.74) is 3.49. The van der Waals surface area contributed by atoms with Crippen molar-refractivity contribution in [2.24, 2.45) is 0 Å². The van der Waals surface area contributed by atoms with Gasteiger partial charge in [0.05, 0.1) is 5.52 Å². The van der Waals surface area contributed by atoms with E-state index in [0.29, 0.717) is 17.1 Å². The highest BCUT2D eigenvalue weighted by atomic mass is 19.1. The normalized spacial score (nSPS) is 13.7. The van der Waals surface area contributed by atoms with Gasteiger partial charge in [0, 0.05) is 42.3 Å².